The van der Waals surface area contributed by atoms with Gasteiger partial charge in [0.05, 0.1) is 7.11 Å². The van der Waals surface area contributed by atoms with Gasteiger partial charge in [-0.25, -0.2) is 5.48 Å². The van der Waals surface area contributed by atoms with E-state index in [1.54, 1.807) is 18.7 Å². The van der Waals surface area contributed by atoms with Gasteiger partial charge in [-0.3, -0.25) is 14.8 Å². The molecule has 0 bridgehead atoms. The molecule has 3 N–H and O–H groups in total. The van der Waals surface area contributed by atoms with Crippen molar-refractivity contribution >= 4 is 29.5 Å². The summed E-state index contributed by atoms with van der Waals surface area (Å²) in [5.74, 6) is 0.0347. The molecule has 2 amide bonds. The Bertz CT molecular complexity index is 895. The molecule has 0 atom stereocenters. The second kappa shape index (κ2) is 9.01. The minimum absolute atomic E-state index is 0.101. The molecule has 3 rings (SSSR count). The van der Waals surface area contributed by atoms with E-state index >= 15 is 0 Å². The highest BCUT2D eigenvalue weighted by Gasteiger charge is 2.25. The van der Waals surface area contributed by atoms with Crippen LogP contribution in [-0.4, -0.2) is 30.2 Å². The van der Waals surface area contributed by atoms with Crippen LogP contribution >= 0.6 is 0 Å². The number of carbonyl (C=O) groups is 2. The third kappa shape index (κ3) is 5.31. The van der Waals surface area contributed by atoms with E-state index in [9.17, 15) is 9.59 Å². The topological polar surface area (TPSA) is 87.7 Å². The van der Waals surface area contributed by atoms with Crippen molar-refractivity contribution < 1.29 is 19.5 Å². The molecule has 6 nitrogen and oxygen atoms in total. The molecule has 0 aromatic heterocycles. The third-order valence-electron chi connectivity index (χ3n) is 4.34. The van der Waals surface area contributed by atoms with E-state index in [4.69, 9.17) is 9.94 Å². The second-order valence-electron chi connectivity index (χ2n) is 6.51. The number of benzene rings is 2. The number of amides is 2. The summed E-state index contributed by atoms with van der Waals surface area (Å²) in [5, 5.41) is 11.5. The minimum Gasteiger partial charge on any atom is -0.497 e. The van der Waals surface area contributed by atoms with E-state index in [1.807, 2.05) is 54.6 Å². The average molecular weight is 378 g/mol. The second-order valence-corrected chi connectivity index (χ2v) is 6.51. The van der Waals surface area contributed by atoms with Crippen LogP contribution in [0, 0.1) is 0 Å². The fourth-order valence-electron chi connectivity index (χ4n) is 2.62. The zero-order valence-electron chi connectivity index (χ0n) is 15.5. The van der Waals surface area contributed by atoms with Gasteiger partial charge in [-0.05, 0) is 53.8 Å². The molecule has 1 fully saturated rings. The number of nitrogens with one attached hydrogen (secondary N) is 2. The number of hydrogen-bond donors (Lipinski definition) is 3. The van der Waals surface area contributed by atoms with E-state index in [0.29, 0.717) is 5.57 Å². The van der Waals surface area contributed by atoms with Crippen molar-refractivity contribution in [1.82, 2.24) is 10.8 Å². The van der Waals surface area contributed by atoms with Gasteiger partial charge in [0.2, 0.25) is 0 Å². The fraction of sp³-hybridized carbons (Fsp3) is 0.182. The first kappa shape index (κ1) is 19.4. The standard InChI is InChI=1S/C22H22N2O4/c1-28-19-11-7-17(8-12-19)20(22(26)23-18-9-10-18)14-16-4-2-15(3-5-16)6-13-21(25)24-27/h2-8,11-14,18,27H,9-10H2,1H3,(H,23,26)(H,24,25)/b13-6+,20-14?. The largest absolute Gasteiger partial charge is 0.497 e. The first-order valence-electron chi connectivity index (χ1n) is 8.98. The number of carbonyl (C=O) groups excluding carboxylic acids is 2. The lowest BCUT2D eigenvalue weighted by molar-refractivity contribution is -0.124. The van der Waals surface area contributed by atoms with Gasteiger partial charge in [0.15, 0.2) is 0 Å². The molecule has 1 aliphatic rings. The van der Waals surface area contributed by atoms with Crippen LogP contribution in [0.15, 0.2) is 54.6 Å². The maximum atomic E-state index is 12.7. The number of rotatable bonds is 7. The van der Waals surface area contributed by atoms with Crippen LogP contribution in [0.1, 0.15) is 29.5 Å². The highest BCUT2D eigenvalue weighted by atomic mass is 16.5. The van der Waals surface area contributed by atoms with Gasteiger partial charge in [0, 0.05) is 17.7 Å². The lowest BCUT2D eigenvalue weighted by atomic mass is 10.0. The molecule has 144 valence electrons. The molecule has 0 aliphatic heterocycles. The summed E-state index contributed by atoms with van der Waals surface area (Å²) in [4.78, 5) is 23.8. The van der Waals surface area contributed by atoms with E-state index in [0.717, 1.165) is 35.3 Å². The van der Waals surface area contributed by atoms with Gasteiger partial charge >= 0.3 is 0 Å². The smallest absolute Gasteiger partial charge is 0.267 e. The number of methoxy groups -OCH3 is 1. The summed E-state index contributed by atoms with van der Waals surface area (Å²) in [6.07, 6.45) is 6.70. The van der Waals surface area contributed by atoms with Crippen molar-refractivity contribution in [1.29, 1.82) is 0 Å². The molecule has 0 saturated heterocycles. The fourth-order valence-corrected chi connectivity index (χ4v) is 2.62. The van der Waals surface area contributed by atoms with Crippen LogP contribution < -0.4 is 15.5 Å². The van der Waals surface area contributed by atoms with Gasteiger partial charge in [0.1, 0.15) is 5.75 Å². The summed E-state index contributed by atoms with van der Waals surface area (Å²) in [7, 11) is 1.60. The Morgan fingerprint density at radius 3 is 2.25 bits per heavy atom. The zero-order valence-corrected chi connectivity index (χ0v) is 15.5. The molecular formula is C22H22N2O4. The molecule has 28 heavy (non-hydrogen) atoms. The van der Waals surface area contributed by atoms with Crippen LogP contribution in [0.2, 0.25) is 0 Å². The van der Waals surface area contributed by atoms with Crippen molar-refractivity contribution in [3.8, 4) is 5.75 Å². The first-order valence-corrected chi connectivity index (χ1v) is 8.98. The van der Waals surface area contributed by atoms with Gasteiger partial charge < -0.3 is 10.1 Å². The predicted molar refractivity (Wildman–Crippen MR) is 107 cm³/mol. The quantitative estimate of drug-likeness (QED) is 0.299. The Kier molecular flexibility index (Phi) is 6.24. The third-order valence-corrected chi connectivity index (χ3v) is 4.34. The summed E-state index contributed by atoms with van der Waals surface area (Å²) in [6, 6.07) is 15.0. The summed E-state index contributed by atoms with van der Waals surface area (Å²) < 4.78 is 5.19. The number of hydroxylamine groups is 1. The van der Waals surface area contributed by atoms with Crippen LogP contribution in [-0.2, 0) is 9.59 Å². The normalized spacial score (nSPS) is 14.0. The highest BCUT2D eigenvalue weighted by Crippen LogP contribution is 2.25. The molecule has 0 heterocycles. The van der Waals surface area contributed by atoms with Crippen LogP contribution in [0.3, 0.4) is 0 Å². The Morgan fingerprint density at radius 2 is 1.68 bits per heavy atom. The van der Waals surface area contributed by atoms with Crippen LogP contribution in [0.4, 0.5) is 0 Å². The van der Waals surface area contributed by atoms with E-state index in [-0.39, 0.29) is 11.9 Å². The van der Waals surface area contributed by atoms with Crippen molar-refractivity contribution in [2.75, 3.05) is 7.11 Å². The Labute approximate surface area is 163 Å². The van der Waals surface area contributed by atoms with Crippen molar-refractivity contribution in [2.45, 2.75) is 18.9 Å². The zero-order chi connectivity index (χ0) is 19.9. The first-order chi connectivity index (χ1) is 13.6. The van der Waals surface area contributed by atoms with Crippen LogP contribution in [0.5, 0.6) is 5.75 Å². The molecule has 0 unspecified atom stereocenters. The van der Waals surface area contributed by atoms with Gasteiger partial charge in [-0.2, -0.15) is 0 Å². The van der Waals surface area contributed by atoms with E-state index < -0.39 is 5.91 Å². The number of ether oxygens (including phenoxy) is 1. The highest BCUT2D eigenvalue weighted by molar-refractivity contribution is 6.24. The summed E-state index contributed by atoms with van der Waals surface area (Å²) in [6.45, 7) is 0. The maximum absolute atomic E-state index is 12.7. The van der Waals surface area contributed by atoms with Gasteiger partial charge in [-0.15, -0.1) is 0 Å². The Hall–Kier alpha value is -3.38. The molecule has 6 heteroatoms. The van der Waals surface area contributed by atoms with Crippen molar-refractivity contribution in [3.05, 3.63) is 71.3 Å². The lowest BCUT2D eigenvalue weighted by Gasteiger charge is -2.10. The molecule has 1 aliphatic carbocycles. The average Bonchev–Trinajstić information content (AvgIpc) is 3.55. The van der Waals surface area contributed by atoms with Crippen LogP contribution in [0.25, 0.3) is 17.7 Å². The Morgan fingerprint density at radius 1 is 1.04 bits per heavy atom. The molecule has 2 aromatic rings. The van der Waals surface area contributed by atoms with E-state index in [2.05, 4.69) is 5.32 Å². The van der Waals surface area contributed by atoms with Gasteiger partial charge in [0.25, 0.3) is 11.8 Å². The molecule has 0 spiro atoms. The predicted octanol–water partition coefficient (Wildman–Crippen LogP) is 3.03. The van der Waals surface area contributed by atoms with Crippen molar-refractivity contribution in [2.24, 2.45) is 0 Å². The summed E-state index contributed by atoms with van der Waals surface area (Å²) >= 11 is 0. The monoisotopic (exact) mass is 378 g/mol. The number of hydrogen-bond acceptors (Lipinski definition) is 4. The summed E-state index contributed by atoms with van der Waals surface area (Å²) in [5.41, 5.74) is 4.59. The SMILES string of the molecule is COc1ccc(C(=Cc2ccc(/C=C/C(=O)NO)cc2)C(=O)NC2CC2)cc1. The van der Waals surface area contributed by atoms with Crippen molar-refractivity contribution in [3.63, 3.8) is 0 Å². The minimum atomic E-state index is -0.595. The molecule has 1 saturated carbocycles. The van der Waals surface area contributed by atoms with E-state index in [1.165, 1.54) is 6.08 Å². The Balaban J connectivity index is 1.85. The molecule has 2 aromatic carbocycles. The molecular weight excluding hydrogens is 356 g/mol. The van der Waals surface area contributed by atoms with Gasteiger partial charge in [-0.1, -0.05) is 36.4 Å². The molecule has 0 radical (unpaired) electrons. The lowest BCUT2D eigenvalue weighted by Crippen LogP contribution is -2.26. The maximum Gasteiger partial charge on any atom is 0.267 e.